The highest BCUT2D eigenvalue weighted by atomic mass is 15.2. The zero-order chi connectivity index (χ0) is 19.5. The average molecular weight is 386 g/mol. The van der Waals surface area contributed by atoms with E-state index in [-0.39, 0.29) is 0 Å². The molecule has 1 aliphatic heterocycles. The van der Waals surface area contributed by atoms with Gasteiger partial charge in [0.25, 0.3) is 0 Å². The van der Waals surface area contributed by atoms with E-state index in [0.29, 0.717) is 6.04 Å². The number of imidazole rings is 1. The molecule has 5 heteroatoms. The minimum Gasteiger partial charge on any atom is -0.341 e. The third-order valence-corrected chi connectivity index (χ3v) is 5.99. The highest BCUT2D eigenvalue weighted by Gasteiger charge is 2.27. The molecule has 1 aliphatic carbocycles. The van der Waals surface area contributed by atoms with Crippen LogP contribution in [0.25, 0.3) is 11.0 Å². The Morgan fingerprint density at radius 3 is 3.00 bits per heavy atom. The van der Waals surface area contributed by atoms with Crippen LogP contribution in [0.2, 0.25) is 0 Å². The average Bonchev–Trinajstić information content (AvgIpc) is 3.42. The maximum absolute atomic E-state index is 4.84. The number of allylic oxidation sites excluding steroid dienone is 2. The smallest absolute Gasteiger partial charge is 0.121 e. The number of aryl methyl sites for hydroxylation is 1. The van der Waals surface area contributed by atoms with E-state index in [4.69, 9.17) is 9.97 Å². The molecule has 5 rings (SSSR count). The number of aromatic amines is 1. The maximum atomic E-state index is 4.84. The van der Waals surface area contributed by atoms with Gasteiger partial charge in [-0.2, -0.15) is 0 Å². The van der Waals surface area contributed by atoms with Crippen LogP contribution in [-0.4, -0.2) is 32.6 Å². The molecule has 0 spiro atoms. The van der Waals surface area contributed by atoms with Crippen molar-refractivity contribution >= 4 is 17.2 Å². The first-order valence-corrected chi connectivity index (χ1v) is 10.7. The van der Waals surface area contributed by atoms with E-state index in [0.717, 1.165) is 62.1 Å². The second kappa shape index (κ2) is 8.29. The van der Waals surface area contributed by atoms with Gasteiger partial charge < -0.3 is 4.98 Å². The lowest BCUT2D eigenvalue weighted by Gasteiger charge is -2.34. The SMILES string of the molecule is C1=NC(CCCN(Cc2nc3ccccc3[nH]2)C2CCCc3cccnc32)=CC1. The zero-order valence-corrected chi connectivity index (χ0v) is 16.7. The summed E-state index contributed by atoms with van der Waals surface area (Å²) in [6, 6.07) is 12.9. The van der Waals surface area contributed by atoms with Gasteiger partial charge in [0, 0.05) is 24.5 Å². The maximum Gasteiger partial charge on any atom is 0.121 e. The molecule has 1 unspecified atom stereocenters. The minimum atomic E-state index is 0.356. The lowest BCUT2D eigenvalue weighted by atomic mass is 9.90. The Morgan fingerprint density at radius 1 is 1.14 bits per heavy atom. The number of aromatic nitrogens is 3. The summed E-state index contributed by atoms with van der Waals surface area (Å²) in [4.78, 5) is 20.2. The predicted molar refractivity (Wildman–Crippen MR) is 117 cm³/mol. The van der Waals surface area contributed by atoms with Crippen molar-refractivity contribution in [3.8, 4) is 0 Å². The van der Waals surface area contributed by atoms with Gasteiger partial charge in [0.1, 0.15) is 5.82 Å². The number of pyridine rings is 1. The Labute approximate surface area is 171 Å². The molecule has 0 fully saturated rings. The van der Waals surface area contributed by atoms with Crippen molar-refractivity contribution < 1.29 is 0 Å². The molecule has 5 nitrogen and oxygen atoms in total. The first-order chi connectivity index (χ1) is 14.4. The van der Waals surface area contributed by atoms with E-state index in [2.05, 4.69) is 51.3 Å². The van der Waals surface area contributed by atoms with Crippen LogP contribution in [0.4, 0.5) is 0 Å². The normalized spacial score (nSPS) is 18.4. The summed E-state index contributed by atoms with van der Waals surface area (Å²) in [5, 5.41) is 0. The largest absolute Gasteiger partial charge is 0.341 e. The van der Waals surface area contributed by atoms with Gasteiger partial charge in [0.15, 0.2) is 0 Å². The van der Waals surface area contributed by atoms with E-state index in [1.165, 1.54) is 23.4 Å². The Morgan fingerprint density at radius 2 is 2.10 bits per heavy atom. The van der Waals surface area contributed by atoms with Gasteiger partial charge in [-0.1, -0.05) is 24.3 Å². The van der Waals surface area contributed by atoms with Crippen LogP contribution in [0.15, 0.2) is 59.4 Å². The van der Waals surface area contributed by atoms with Crippen LogP contribution in [-0.2, 0) is 13.0 Å². The molecule has 0 saturated carbocycles. The highest BCUT2D eigenvalue weighted by Crippen LogP contribution is 2.34. The lowest BCUT2D eigenvalue weighted by Crippen LogP contribution is -2.33. The van der Waals surface area contributed by atoms with Crippen molar-refractivity contribution in [3.63, 3.8) is 0 Å². The molecule has 29 heavy (non-hydrogen) atoms. The number of fused-ring (bicyclic) bond motifs is 2. The summed E-state index contributed by atoms with van der Waals surface area (Å²) in [6.45, 7) is 1.84. The number of benzene rings is 1. The van der Waals surface area contributed by atoms with Gasteiger partial charge in [-0.3, -0.25) is 14.9 Å². The van der Waals surface area contributed by atoms with Crippen LogP contribution in [0.5, 0.6) is 0 Å². The van der Waals surface area contributed by atoms with E-state index in [9.17, 15) is 0 Å². The van der Waals surface area contributed by atoms with Crippen molar-refractivity contribution in [1.82, 2.24) is 19.9 Å². The molecule has 0 saturated heterocycles. The minimum absolute atomic E-state index is 0.356. The van der Waals surface area contributed by atoms with Crippen molar-refractivity contribution in [2.24, 2.45) is 4.99 Å². The molecule has 1 aromatic carbocycles. The standard InChI is InChI=1S/C24H27N5/c1-2-12-21-20(11-1)27-23(28-21)17-29(16-6-10-19-9-5-14-25-19)22-13-3-7-18-8-4-15-26-24(18)22/h1-2,4,8-9,11-12,14-15,22H,3,5-7,10,13,16-17H2,(H,27,28). The van der Waals surface area contributed by atoms with Crippen LogP contribution < -0.4 is 0 Å². The van der Waals surface area contributed by atoms with Crippen LogP contribution in [0.3, 0.4) is 0 Å². The van der Waals surface area contributed by atoms with Crippen LogP contribution in [0, 0.1) is 0 Å². The summed E-state index contributed by atoms with van der Waals surface area (Å²) >= 11 is 0. The fourth-order valence-electron chi connectivity index (χ4n) is 4.60. The molecule has 1 atom stereocenters. The second-order valence-corrected chi connectivity index (χ2v) is 7.97. The number of hydrogen-bond acceptors (Lipinski definition) is 4. The van der Waals surface area contributed by atoms with Crippen LogP contribution >= 0.6 is 0 Å². The van der Waals surface area contributed by atoms with Crippen LogP contribution in [0.1, 0.15) is 55.2 Å². The summed E-state index contributed by atoms with van der Waals surface area (Å²) in [5.74, 6) is 1.03. The Bertz CT molecular complexity index is 1020. The quantitative estimate of drug-likeness (QED) is 0.624. The van der Waals surface area contributed by atoms with E-state index in [1.807, 2.05) is 18.5 Å². The molecule has 3 aromatic rings. The molecule has 148 valence electrons. The number of rotatable bonds is 7. The van der Waals surface area contributed by atoms with Gasteiger partial charge in [0.2, 0.25) is 0 Å². The molecule has 0 amide bonds. The first kappa shape index (κ1) is 18.3. The van der Waals surface area contributed by atoms with E-state index < -0.39 is 0 Å². The molecule has 0 bridgehead atoms. The number of nitrogens with zero attached hydrogens (tertiary/aromatic N) is 4. The second-order valence-electron chi connectivity index (χ2n) is 7.97. The fraction of sp³-hybridized carbons (Fsp3) is 0.375. The molecule has 0 radical (unpaired) electrons. The first-order valence-electron chi connectivity index (χ1n) is 10.7. The number of H-pyrrole nitrogens is 1. The van der Waals surface area contributed by atoms with E-state index in [1.54, 1.807) is 0 Å². The molecular formula is C24H27N5. The van der Waals surface area contributed by atoms with Gasteiger partial charge >= 0.3 is 0 Å². The lowest BCUT2D eigenvalue weighted by molar-refractivity contribution is 0.160. The third-order valence-electron chi connectivity index (χ3n) is 5.99. The predicted octanol–water partition coefficient (Wildman–Crippen LogP) is 4.98. The third kappa shape index (κ3) is 4.01. The van der Waals surface area contributed by atoms with Crippen molar-refractivity contribution in [2.45, 2.75) is 51.1 Å². The monoisotopic (exact) mass is 385 g/mol. The Hall–Kier alpha value is -2.79. The van der Waals surface area contributed by atoms with Crippen molar-refractivity contribution in [1.29, 1.82) is 0 Å². The summed E-state index contributed by atoms with van der Waals surface area (Å²) < 4.78 is 0. The van der Waals surface area contributed by atoms with Gasteiger partial charge in [0.05, 0.1) is 29.3 Å². The zero-order valence-electron chi connectivity index (χ0n) is 16.7. The highest BCUT2D eigenvalue weighted by molar-refractivity contribution is 5.74. The molecule has 2 aromatic heterocycles. The molecule has 3 heterocycles. The van der Waals surface area contributed by atoms with Gasteiger partial charge in [-0.25, -0.2) is 4.98 Å². The summed E-state index contributed by atoms with van der Waals surface area (Å²) in [7, 11) is 0. The number of nitrogens with one attached hydrogen (secondary N) is 1. The van der Waals surface area contributed by atoms with Gasteiger partial charge in [-0.15, -0.1) is 0 Å². The Kier molecular flexibility index (Phi) is 5.22. The van der Waals surface area contributed by atoms with Gasteiger partial charge in [-0.05, 0) is 62.4 Å². The summed E-state index contributed by atoms with van der Waals surface area (Å²) in [6.07, 6.45) is 12.8. The topological polar surface area (TPSA) is 57.2 Å². The number of hydrogen-bond donors (Lipinski definition) is 1. The molecule has 1 N–H and O–H groups in total. The summed E-state index contributed by atoms with van der Waals surface area (Å²) in [5.41, 5.74) is 6.04. The van der Waals surface area contributed by atoms with Crippen molar-refractivity contribution in [3.05, 3.63) is 71.4 Å². The van der Waals surface area contributed by atoms with E-state index >= 15 is 0 Å². The Balaban J connectivity index is 1.38. The number of aliphatic imine (C=N–C) groups is 1. The van der Waals surface area contributed by atoms with Crippen molar-refractivity contribution in [2.75, 3.05) is 6.54 Å². The number of para-hydroxylation sites is 2. The molecule has 2 aliphatic rings. The fourth-order valence-corrected chi connectivity index (χ4v) is 4.60. The molecular weight excluding hydrogens is 358 g/mol.